The van der Waals surface area contributed by atoms with Crippen LogP contribution in [0.15, 0.2) is 90.0 Å². The maximum Gasteiger partial charge on any atom is 0.460 e. The summed E-state index contributed by atoms with van der Waals surface area (Å²) in [5, 5.41) is 13.8. The molecule has 5 nitrogen and oxygen atoms in total. The minimum atomic E-state index is -6.73. The van der Waals surface area contributed by atoms with Gasteiger partial charge in [-0.25, -0.2) is 0 Å². The lowest BCUT2D eigenvalue weighted by atomic mass is 9.78. The predicted molar refractivity (Wildman–Crippen MR) is 136 cm³/mol. The molecule has 1 aliphatic rings. The van der Waals surface area contributed by atoms with E-state index in [1.54, 1.807) is 12.1 Å². The van der Waals surface area contributed by atoms with Crippen LogP contribution >= 0.6 is 0 Å². The zero-order valence-corrected chi connectivity index (χ0v) is 21.8. The lowest BCUT2D eigenvalue weighted by Crippen LogP contribution is -2.69. The van der Waals surface area contributed by atoms with Crippen molar-refractivity contribution < 1.29 is 45.4 Å². The van der Waals surface area contributed by atoms with Gasteiger partial charge in [-0.15, -0.1) is 0 Å². The van der Waals surface area contributed by atoms with Gasteiger partial charge >= 0.3 is 18.0 Å². The molecule has 3 aromatic rings. The summed E-state index contributed by atoms with van der Waals surface area (Å²) >= 11 is 0. The van der Waals surface area contributed by atoms with Gasteiger partial charge < -0.3 is 9.84 Å². The standard InChI is InChI=1S/C29H25F7N2O3/c1-25(2,20-11-7-4-8-12-20)21-13-15-22(16-14-21)41-18-24(39)38-26(40,27(30,31)28(32,33)29(34,35)36)17-23(37-38)19-9-5-3-6-10-19/h3-16,40H,17-18H2,1-2H3/t26-/m0/s1. The Hall–Kier alpha value is -3.93. The number of rotatable bonds is 8. The summed E-state index contributed by atoms with van der Waals surface area (Å²) in [7, 11) is 0. The van der Waals surface area contributed by atoms with Gasteiger partial charge in [0.15, 0.2) is 6.61 Å². The number of carbonyl (C=O) groups is 1. The van der Waals surface area contributed by atoms with Gasteiger partial charge in [-0.1, -0.05) is 86.6 Å². The van der Waals surface area contributed by atoms with Crippen LogP contribution in [0, 0.1) is 0 Å². The Kier molecular flexibility index (Phi) is 7.68. The van der Waals surface area contributed by atoms with Crippen molar-refractivity contribution in [3.05, 3.63) is 102 Å². The molecule has 1 heterocycles. The molecule has 0 aromatic heterocycles. The summed E-state index contributed by atoms with van der Waals surface area (Å²) in [5.41, 5.74) is -3.35. The summed E-state index contributed by atoms with van der Waals surface area (Å²) in [6.45, 7) is 2.87. The minimum Gasteiger partial charge on any atom is -0.484 e. The van der Waals surface area contributed by atoms with E-state index >= 15 is 0 Å². The maximum absolute atomic E-state index is 14.9. The Morgan fingerprint density at radius 1 is 0.854 bits per heavy atom. The number of benzene rings is 3. The van der Waals surface area contributed by atoms with E-state index in [0.29, 0.717) is 0 Å². The van der Waals surface area contributed by atoms with E-state index in [2.05, 4.69) is 5.10 Å². The van der Waals surface area contributed by atoms with Crippen LogP contribution < -0.4 is 4.74 Å². The Morgan fingerprint density at radius 2 is 1.37 bits per heavy atom. The fraction of sp³-hybridized carbons (Fsp3) is 0.310. The summed E-state index contributed by atoms with van der Waals surface area (Å²) in [6, 6.07) is 22.9. The summed E-state index contributed by atoms with van der Waals surface area (Å²) in [5.74, 6) is -14.4. The largest absolute Gasteiger partial charge is 0.484 e. The second-order valence-electron chi connectivity index (χ2n) is 10.1. The topological polar surface area (TPSA) is 62.1 Å². The third-order valence-corrected chi connectivity index (χ3v) is 7.02. The molecule has 4 rings (SSSR count). The van der Waals surface area contributed by atoms with Gasteiger partial charge in [0.1, 0.15) is 5.75 Å². The SMILES string of the molecule is CC(C)(c1ccccc1)c1ccc(OCC(=O)N2N=C(c3ccccc3)C[C@]2(O)C(F)(F)C(F)(F)C(F)(F)F)cc1. The molecule has 0 spiro atoms. The van der Waals surface area contributed by atoms with Crippen molar-refractivity contribution in [2.75, 3.05) is 6.61 Å². The number of alkyl halides is 7. The molecule has 0 fully saturated rings. The fourth-order valence-corrected chi connectivity index (χ4v) is 4.47. The molecule has 0 saturated heterocycles. The normalized spacial score (nSPS) is 18.3. The minimum absolute atomic E-state index is 0.0323. The van der Waals surface area contributed by atoms with Crippen LogP contribution in [0.3, 0.4) is 0 Å². The Morgan fingerprint density at radius 3 is 1.90 bits per heavy atom. The van der Waals surface area contributed by atoms with Gasteiger partial charge in [-0.3, -0.25) is 4.79 Å². The average molecular weight is 583 g/mol. The van der Waals surface area contributed by atoms with Crippen LogP contribution in [-0.2, 0) is 10.2 Å². The van der Waals surface area contributed by atoms with E-state index in [1.807, 2.05) is 44.2 Å². The number of nitrogens with zero attached hydrogens (tertiary/aromatic N) is 2. The lowest BCUT2D eigenvalue weighted by Gasteiger charge is -2.41. The second kappa shape index (κ2) is 10.5. The Bertz CT molecular complexity index is 1410. The Balaban J connectivity index is 1.59. The van der Waals surface area contributed by atoms with Crippen molar-refractivity contribution in [2.45, 2.75) is 49.4 Å². The molecule has 0 aliphatic carbocycles. The highest BCUT2D eigenvalue weighted by atomic mass is 19.4. The van der Waals surface area contributed by atoms with Crippen LogP contribution in [0.25, 0.3) is 0 Å². The molecule has 0 unspecified atom stereocenters. The van der Waals surface area contributed by atoms with E-state index in [4.69, 9.17) is 4.74 Å². The average Bonchev–Trinajstić information content (AvgIpc) is 3.31. The first kappa shape index (κ1) is 30.0. The van der Waals surface area contributed by atoms with Crippen molar-refractivity contribution in [1.82, 2.24) is 5.01 Å². The highest BCUT2D eigenvalue weighted by Gasteiger charge is 2.82. The van der Waals surface area contributed by atoms with E-state index < -0.39 is 58.8 Å². The van der Waals surface area contributed by atoms with Crippen molar-refractivity contribution in [3.63, 3.8) is 0 Å². The number of hydrogen-bond donors (Lipinski definition) is 1. The maximum atomic E-state index is 14.9. The molecule has 0 bridgehead atoms. The van der Waals surface area contributed by atoms with E-state index in [9.17, 15) is 40.6 Å². The number of ether oxygens (including phenoxy) is 1. The summed E-state index contributed by atoms with van der Waals surface area (Å²) in [4.78, 5) is 12.9. The van der Waals surface area contributed by atoms with Crippen LogP contribution in [-0.4, -0.2) is 52.1 Å². The molecule has 3 aromatic carbocycles. The lowest BCUT2D eigenvalue weighted by molar-refractivity contribution is -0.401. The Labute approximate surface area is 230 Å². The molecule has 1 N–H and O–H groups in total. The molecular formula is C29H25F7N2O3. The van der Waals surface area contributed by atoms with Crippen LogP contribution in [0.2, 0.25) is 0 Å². The zero-order chi connectivity index (χ0) is 30.3. The number of hydrazone groups is 1. The highest BCUT2D eigenvalue weighted by Crippen LogP contribution is 2.54. The monoisotopic (exact) mass is 582 g/mol. The van der Waals surface area contributed by atoms with Gasteiger partial charge in [0, 0.05) is 11.8 Å². The van der Waals surface area contributed by atoms with Crippen molar-refractivity contribution in [2.24, 2.45) is 5.10 Å². The van der Waals surface area contributed by atoms with Crippen LogP contribution in [0.4, 0.5) is 30.7 Å². The number of carbonyl (C=O) groups excluding carboxylic acids is 1. The second-order valence-corrected chi connectivity index (χ2v) is 10.1. The molecule has 1 amide bonds. The number of halogens is 7. The molecule has 1 aliphatic heterocycles. The molecule has 218 valence electrons. The van der Waals surface area contributed by atoms with Gasteiger partial charge in [-0.2, -0.15) is 40.8 Å². The number of amides is 1. The van der Waals surface area contributed by atoms with Gasteiger partial charge in [0.2, 0.25) is 5.72 Å². The fourth-order valence-electron chi connectivity index (χ4n) is 4.47. The third kappa shape index (κ3) is 5.28. The number of aliphatic hydroxyl groups is 1. The first-order valence-corrected chi connectivity index (χ1v) is 12.3. The van der Waals surface area contributed by atoms with Crippen LogP contribution in [0.1, 0.15) is 37.0 Å². The molecule has 41 heavy (non-hydrogen) atoms. The smallest absolute Gasteiger partial charge is 0.460 e. The quantitative estimate of drug-likeness (QED) is 0.307. The molecule has 0 saturated carbocycles. The van der Waals surface area contributed by atoms with Gasteiger partial charge in [0.25, 0.3) is 5.91 Å². The molecule has 1 atom stereocenters. The number of hydrogen-bond acceptors (Lipinski definition) is 4. The van der Waals surface area contributed by atoms with E-state index in [0.717, 1.165) is 11.1 Å². The van der Waals surface area contributed by atoms with Crippen LogP contribution in [0.5, 0.6) is 5.75 Å². The van der Waals surface area contributed by atoms with Crippen molar-refractivity contribution in [1.29, 1.82) is 0 Å². The molecule has 12 heteroatoms. The van der Waals surface area contributed by atoms with Gasteiger partial charge in [0.05, 0.1) is 5.71 Å². The van der Waals surface area contributed by atoms with E-state index in [-0.39, 0.29) is 11.3 Å². The van der Waals surface area contributed by atoms with E-state index in [1.165, 1.54) is 42.5 Å². The van der Waals surface area contributed by atoms with Gasteiger partial charge in [-0.05, 0) is 28.8 Å². The first-order chi connectivity index (χ1) is 19.0. The highest BCUT2D eigenvalue weighted by molar-refractivity contribution is 6.03. The third-order valence-electron chi connectivity index (χ3n) is 7.02. The summed E-state index contributed by atoms with van der Waals surface area (Å²) in [6.07, 6.45) is -8.23. The zero-order valence-electron chi connectivity index (χ0n) is 21.8. The first-order valence-electron chi connectivity index (χ1n) is 12.3. The molecule has 0 radical (unpaired) electrons. The predicted octanol–water partition coefficient (Wildman–Crippen LogP) is 6.55. The summed E-state index contributed by atoms with van der Waals surface area (Å²) < 4.78 is 102. The van der Waals surface area contributed by atoms with Crippen molar-refractivity contribution in [3.8, 4) is 5.75 Å². The van der Waals surface area contributed by atoms with Crippen molar-refractivity contribution >= 4 is 11.6 Å². The molecular weight excluding hydrogens is 557 g/mol.